The molecule has 7 heteroatoms. The lowest BCUT2D eigenvalue weighted by molar-refractivity contribution is 0.424. The standard InChI is InChI=1S/C30H21BN4O2/c36-31(37)27-19-26(33-29(34-27)23-17-15-21(16-18-23)20-9-3-1-4-10-20)30-32-25-14-8-7-13-24(25)28(35-30)22-11-5-2-6-12-22/h1-19,36-37H. The molecule has 0 aliphatic carbocycles. The van der Waals surface area contributed by atoms with E-state index < -0.39 is 7.12 Å². The Kier molecular flexibility index (Phi) is 5.98. The average molecular weight is 480 g/mol. The van der Waals surface area contributed by atoms with Crippen molar-refractivity contribution in [3.63, 3.8) is 0 Å². The summed E-state index contributed by atoms with van der Waals surface area (Å²) < 4.78 is 0. The van der Waals surface area contributed by atoms with Gasteiger partial charge in [0.2, 0.25) is 0 Å². The molecule has 6 nitrogen and oxygen atoms in total. The van der Waals surface area contributed by atoms with Gasteiger partial charge in [0.05, 0.1) is 16.8 Å². The fourth-order valence-corrected chi connectivity index (χ4v) is 4.29. The molecule has 6 rings (SSSR count). The average Bonchev–Trinajstić information content (AvgIpc) is 2.97. The molecule has 2 N–H and O–H groups in total. The minimum Gasteiger partial charge on any atom is -0.422 e. The predicted octanol–water partition coefficient (Wildman–Crippen LogP) is 4.77. The maximum Gasteiger partial charge on any atom is 0.508 e. The Hall–Kier alpha value is -4.72. The van der Waals surface area contributed by atoms with E-state index in [1.807, 2.05) is 109 Å². The van der Waals surface area contributed by atoms with Crippen molar-refractivity contribution < 1.29 is 10.0 Å². The van der Waals surface area contributed by atoms with Crippen LogP contribution in [0.15, 0.2) is 115 Å². The summed E-state index contributed by atoms with van der Waals surface area (Å²) in [5.41, 5.74) is 5.89. The Balaban J connectivity index is 1.49. The molecule has 2 aromatic heterocycles. The van der Waals surface area contributed by atoms with Crippen LogP contribution in [-0.2, 0) is 0 Å². The van der Waals surface area contributed by atoms with Crippen LogP contribution in [0.3, 0.4) is 0 Å². The fourth-order valence-electron chi connectivity index (χ4n) is 4.29. The van der Waals surface area contributed by atoms with Crippen LogP contribution in [-0.4, -0.2) is 37.1 Å². The zero-order chi connectivity index (χ0) is 25.2. The van der Waals surface area contributed by atoms with Crippen LogP contribution in [0.2, 0.25) is 0 Å². The molecule has 0 radical (unpaired) electrons. The molecule has 0 atom stereocenters. The molecule has 176 valence electrons. The smallest absolute Gasteiger partial charge is 0.422 e. The van der Waals surface area contributed by atoms with Crippen LogP contribution in [0.1, 0.15) is 0 Å². The van der Waals surface area contributed by atoms with E-state index in [9.17, 15) is 10.0 Å². The molecular formula is C30H21BN4O2. The summed E-state index contributed by atoms with van der Waals surface area (Å²) in [5.74, 6) is 0.738. The first-order chi connectivity index (χ1) is 18.2. The molecule has 0 spiro atoms. The number of hydrogen-bond acceptors (Lipinski definition) is 6. The van der Waals surface area contributed by atoms with Crippen LogP contribution >= 0.6 is 0 Å². The number of rotatable bonds is 5. The fraction of sp³-hybridized carbons (Fsp3) is 0. The highest BCUT2D eigenvalue weighted by molar-refractivity contribution is 6.57. The lowest BCUT2D eigenvalue weighted by Crippen LogP contribution is -2.33. The zero-order valence-corrected chi connectivity index (χ0v) is 19.7. The normalized spacial score (nSPS) is 11.0. The van der Waals surface area contributed by atoms with Gasteiger partial charge in [-0.15, -0.1) is 0 Å². The number of fused-ring (bicyclic) bond motifs is 1. The van der Waals surface area contributed by atoms with Gasteiger partial charge in [-0.3, -0.25) is 0 Å². The number of aromatic nitrogens is 4. The van der Waals surface area contributed by atoms with Crippen molar-refractivity contribution in [2.24, 2.45) is 0 Å². The molecule has 6 aromatic rings. The van der Waals surface area contributed by atoms with E-state index in [2.05, 4.69) is 4.98 Å². The first-order valence-corrected chi connectivity index (χ1v) is 11.9. The Bertz CT molecular complexity index is 1690. The Morgan fingerprint density at radius 2 is 1.08 bits per heavy atom. The highest BCUT2D eigenvalue weighted by Crippen LogP contribution is 2.29. The third-order valence-corrected chi connectivity index (χ3v) is 6.14. The van der Waals surface area contributed by atoms with Crippen molar-refractivity contribution >= 4 is 23.6 Å². The lowest BCUT2D eigenvalue weighted by atomic mass is 9.85. The summed E-state index contributed by atoms with van der Waals surface area (Å²) in [6, 6.07) is 37.1. The Morgan fingerprint density at radius 3 is 1.78 bits per heavy atom. The van der Waals surface area contributed by atoms with Crippen LogP contribution in [0.4, 0.5) is 0 Å². The van der Waals surface area contributed by atoms with Gasteiger partial charge >= 0.3 is 7.12 Å². The second-order valence-electron chi connectivity index (χ2n) is 8.60. The van der Waals surface area contributed by atoms with E-state index in [0.29, 0.717) is 17.3 Å². The summed E-state index contributed by atoms with van der Waals surface area (Å²) in [6.07, 6.45) is 0. The summed E-state index contributed by atoms with van der Waals surface area (Å²) >= 11 is 0. The van der Waals surface area contributed by atoms with E-state index in [1.54, 1.807) is 0 Å². The third kappa shape index (κ3) is 4.61. The second-order valence-corrected chi connectivity index (χ2v) is 8.60. The quantitative estimate of drug-likeness (QED) is 0.346. The SMILES string of the molecule is OB(O)c1cc(-c2nc(-c3ccccc3)c3ccccc3n2)nc(-c2ccc(-c3ccccc3)cc2)n1. The molecule has 0 fully saturated rings. The van der Waals surface area contributed by atoms with Crippen LogP contribution in [0, 0.1) is 0 Å². The van der Waals surface area contributed by atoms with Gasteiger partial charge in [-0.1, -0.05) is 103 Å². The molecule has 37 heavy (non-hydrogen) atoms. The number of benzene rings is 4. The third-order valence-electron chi connectivity index (χ3n) is 6.14. The minimum absolute atomic E-state index is 0.0742. The molecule has 0 aliphatic rings. The number of hydrogen-bond donors (Lipinski definition) is 2. The van der Waals surface area contributed by atoms with Gasteiger partial charge < -0.3 is 10.0 Å². The predicted molar refractivity (Wildman–Crippen MR) is 147 cm³/mol. The Morgan fingerprint density at radius 1 is 0.486 bits per heavy atom. The molecular weight excluding hydrogens is 459 g/mol. The van der Waals surface area contributed by atoms with Gasteiger partial charge in [-0.25, -0.2) is 19.9 Å². The lowest BCUT2D eigenvalue weighted by Gasteiger charge is -2.11. The van der Waals surface area contributed by atoms with Crippen LogP contribution in [0.25, 0.3) is 56.2 Å². The Labute approximate surface area is 214 Å². The minimum atomic E-state index is -1.77. The monoisotopic (exact) mass is 480 g/mol. The van der Waals surface area contributed by atoms with E-state index >= 15 is 0 Å². The van der Waals surface area contributed by atoms with Crippen molar-refractivity contribution in [2.75, 3.05) is 0 Å². The van der Waals surface area contributed by atoms with Crippen LogP contribution in [0.5, 0.6) is 0 Å². The van der Waals surface area contributed by atoms with E-state index in [0.717, 1.165) is 38.9 Å². The molecule has 2 heterocycles. The van der Waals surface area contributed by atoms with E-state index in [1.165, 1.54) is 6.07 Å². The van der Waals surface area contributed by atoms with Crippen molar-refractivity contribution in [1.29, 1.82) is 0 Å². The summed E-state index contributed by atoms with van der Waals surface area (Å²) in [7, 11) is -1.77. The molecule has 0 saturated heterocycles. The summed E-state index contributed by atoms with van der Waals surface area (Å²) in [5, 5.41) is 20.9. The first kappa shape index (κ1) is 22.7. The second kappa shape index (κ2) is 9.74. The van der Waals surface area contributed by atoms with Gasteiger partial charge in [0.1, 0.15) is 5.69 Å². The molecule has 0 saturated carbocycles. The summed E-state index contributed by atoms with van der Waals surface area (Å²) in [6.45, 7) is 0. The highest BCUT2D eigenvalue weighted by Gasteiger charge is 2.20. The van der Waals surface area contributed by atoms with Gasteiger partial charge in [-0.05, 0) is 23.3 Å². The topological polar surface area (TPSA) is 92.0 Å². The summed E-state index contributed by atoms with van der Waals surface area (Å²) in [4.78, 5) is 18.8. The highest BCUT2D eigenvalue weighted by atomic mass is 16.4. The molecule has 0 aliphatic heterocycles. The first-order valence-electron chi connectivity index (χ1n) is 11.9. The molecule has 0 unspecified atom stereocenters. The van der Waals surface area contributed by atoms with Crippen LogP contribution < -0.4 is 5.59 Å². The van der Waals surface area contributed by atoms with Crippen molar-refractivity contribution in [3.05, 3.63) is 115 Å². The van der Waals surface area contributed by atoms with Gasteiger partial charge in [0, 0.05) is 16.5 Å². The molecule has 0 amide bonds. The number of nitrogens with zero attached hydrogens (tertiary/aromatic N) is 4. The maximum atomic E-state index is 9.99. The van der Waals surface area contributed by atoms with Gasteiger partial charge in [-0.2, -0.15) is 0 Å². The molecule has 4 aromatic carbocycles. The van der Waals surface area contributed by atoms with E-state index in [4.69, 9.17) is 15.0 Å². The van der Waals surface area contributed by atoms with Crippen molar-refractivity contribution in [2.45, 2.75) is 0 Å². The molecule has 0 bridgehead atoms. The number of para-hydroxylation sites is 1. The van der Waals surface area contributed by atoms with E-state index in [-0.39, 0.29) is 5.59 Å². The van der Waals surface area contributed by atoms with Crippen molar-refractivity contribution in [3.8, 4) is 45.3 Å². The van der Waals surface area contributed by atoms with Crippen molar-refractivity contribution in [1.82, 2.24) is 19.9 Å². The largest absolute Gasteiger partial charge is 0.508 e. The maximum absolute atomic E-state index is 9.99. The van der Waals surface area contributed by atoms with Gasteiger partial charge in [0.15, 0.2) is 11.6 Å². The zero-order valence-electron chi connectivity index (χ0n) is 19.7. The van der Waals surface area contributed by atoms with Gasteiger partial charge in [0.25, 0.3) is 0 Å².